The highest BCUT2D eigenvalue weighted by atomic mass is 79.9. The molecule has 0 aliphatic heterocycles. The van der Waals surface area contributed by atoms with Crippen LogP contribution >= 0.6 is 44.3 Å². The third-order valence-corrected chi connectivity index (χ3v) is 4.05. The summed E-state index contributed by atoms with van der Waals surface area (Å²) in [7, 11) is 0. The fourth-order valence-electron chi connectivity index (χ4n) is 1.98. The maximum absolute atomic E-state index is 11.8. The Morgan fingerprint density at radius 1 is 1.32 bits per heavy atom. The highest BCUT2D eigenvalue weighted by molar-refractivity contribution is 9.11. The van der Waals surface area contributed by atoms with Crippen molar-refractivity contribution in [3.8, 4) is 5.75 Å². The van der Waals surface area contributed by atoms with E-state index >= 15 is 0 Å². The molecule has 4 N–H and O–H groups in total. The summed E-state index contributed by atoms with van der Waals surface area (Å²) in [6, 6.07) is 3.92. The number of aromatic nitrogens is 2. The number of benzene rings is 1. The Labute approximate surface area is 167 Å². The number of nitrogens with one attached hydrogen (secondary N) is 2. The predicted octanol–water partition coefficient (Wildman–Crippen LogP) is 2.52. The molecule has 0 radical (unpaired) electrons. The minimum atomic E-state index is -0.421. The van der Waals surface area contributed by atoms with Crippen LogP contribution in [0.1, 0.15) is 23.0 Å². The molecule has 0 bridgehead atoms. The van der Waals surface area contributed by atoms with E-state index in [0.717, 1.165) is 20.3 Å². The molecule has 0 aliphatic carbocycles. The molecule has 138 valence electrons. The number of nitrogens with zero attached hydrogens (tertiary/aromatic N) is 2. The van der Waals surface area contributed by atoms with E-state index in [4.69, 9.17) is 10.5 Å². The van der Waals surface area contributed by atoms with Gasteiger partial charge in [-0.25, -0.2) is 4.63 Å². The molecule has 0 aliphatic rings. The average molecular weight is 500 g/mol. The zero-order chi connectivity index (χ0) is 17.5. The molecule has 2 aromatic rings. The first kappa shape index (κ1) is 21.7. The molecule has 0 saturated carbocycles. The Morgan fingerprint density at radius 3 is 2.72 bits per heavy atom. The number of nitrogen functional groups attached to an aromatic ring is 1. The summed E-state index contributed by atoms with van der Waals surface area (Å²) in [5.74, 6) is 0.357. The number of ether oxygens (including phenoxy) is 1. The molecule has 1 aromatic carbocycles. The van der Waals surface area contributed by atoms with Gasteiger partial charge in [0.1, 0.15) is 5.75 Å². The first-order chi connectivity index (χ1) is 11.5. The normalized spacial score (nSPS) is 10.2. The molecule has 0 fully saturated rings. The summed E-state index contributed by atoms with van der Waals surface area (Å²) in [5.41, 5.74) is 6.45. The Bertz CT molecular complexity index is 714. The maximum atomic E-state index is 11.8. The van der Waals surface area contributed by atoms with Gasteiger partial charge in [-0.05, 0) is 45.3 Å². The van der Waals surface area contributed by atoms with Crippen molar-refractivity contribution >= 4 is 56.0 Å². The van der Waals surface area contributed by atoms with Crippen LogP contribution in [0.4, 0.5) is 5.82 Å². The lowest BCUT2D eigenvalue weighted by Gasteiger charge is -2.14. The third kappa shape index (κ3) is 6.14. The topological polar surface area (TPSA) is 115 Å². The first-order valence-corrected chi connectivity index (χ1v) is 8.79. The summed E-state index contributed by atoms with van der Waals surface area (Å²) in [4.78, 5) is 11.8. The highest BCUT2D eigenvalue weighted by Gasteiger charge is 2.15. The number of nitrogens with two attached hydrogens (primary N) is 1. The van der Waals surface area contributed by atoms with E-state index in [0.29, 0.717) is 26.2 Å². The second-order valence-corrected chi connectivity index (χ2v) is 6.51. The fraction of sp³-hybridized carbons (Fsp3) is 0.357. The largest absolute Gasteiger partial charge is 0.492 e. The van der Waals surface area contributed by atoms with Gasteiger partial charge >= 0.3 is 0 Å². The van der Waals surface area contributed by atoms with Crippen molar-refractivity contribution in [1.29, 1.82) is 0 Å². The van der Waals surface area contributed by atoms with Crippen molar-refractivity contribution < 1.29 is 14.2 Å². The van der Waals surface area contributed by atoms with Gasteiger partial charge in [-0.2, -0.15) is 0 Å². The van der Waals surface area contributed by atoms with Crippen LogP contribution in [-0.2, 0) is 6.54 Å². The minimum absolute atomic E-state index is 0. The van der Waals surface area contributed by atoms with Crippen molar-refractivity contribution in [2.75, 3.05) is 25.4 Å². The lowest BCUT2D eigenvalue weighted by Crippen LogP contribution is -2.32. The molecule has 2 rings (SSSR count). The molecule has 8 nitrogen and oxygen atoms in total. The second-order valence-electron chi connectivity index (χ2n) is 4.74. The second kappa shape index (κ2) is 10.6. The van der Waals surface area contributed by atoms with Crippen LogP contribution in [0.2, 0.25) is 0 Å². The molecule has 1 aromatic heterocycles. The van der Waals surface area contributed by atoms with E-state index in [9.17, 15) is 4.79 Å². The van der Waals surface area contributed by atoms with E-state index in [-0.39, 0.29) is 23.9 Å². The molecule has 1 amide bonds. The Balaban J connectivity index is 0.00000312. The molecule has 0 unspecified atom stereocenters. The Hall–Kier alpha value is -1.36. The number of halogens is 3. The van der Waals surface area contributed by atoms with Gasteiger partial charge in [0, 0.05) is 29.7 Å². The molecule has 25 heavy (non-hydrogen) atoms. The number of carbonyl (C=O) groups excluding carboxylic acids is 1. The van der Waals surface area contributed by atoms with Crippen molar-refractivity contribution in [2.24, 2.45) is 0 Å². The van der Waals surface area contributed by atoms with Crippen molar-refractivity contribution in [3.63, 3.8) is 0 Å². The molecule has 0 atom stereocenters. The van der Waals surface area contributed by atoms with Crippen molar-refractivity contribution in [1.82, 2.24) is 20.9 Å². The highest BCUT2D eigenvalue weighted by Crippen LogP contribution is 2.32. The van der Waals surface area contributed by atoms with Gasteiger partial charge in [-0.3, -0.25) is 4.79 Å². The van der Waals surface area contributed by atoms with Crippen LogP contribution in [-0.4, -0.2) is 35.9 Å². The quantitative estimate of drug-likeness (QED) is 0.478. The van der Waals surface area contributed by atoms with E-state index in [1.807, 2.05) is 19.1 Å². The molecule has 11 heteroatoms. The van der Waals surface area contributed by atoms with Gasteiger partial charge in [0.05, 0.1) is 11.1 Å². The summed E-state index contributed by atoms with van der Waals surface area (Å²) < 4.78 is 11.9. The molecule has 0 spiro atoms. The molecular formula is C14H18Br2ClN5O3. The zero-order valence-electron chi connectivity index (χ0n) is 13.3. The molecule has 1 heterocycles. The van der Waals surface area contributed by atoms with E-state index < -0.39 is 5.91 Å². The van der Waals surface area contributed by atoms with Crippen LogP contribution < -0.4 is 21.1 Å². The van der Waals surface area contributed by atoms with Crippen LogP contribution in [0.15, 0.2) is 25.7 Å². The van der Waals surface area contributed by atoms with Gasteiger partial charge in [0.2, 0.25) is 11.5 Å². The first-order valence-electron chi connectivity index (χ1n) is 7.20. The van der Waals surface area contributed by atoms with Gasteiger partial charge in [0.15, 0.2) is 0 Å². The number of carbonyl (C=O) groups is 1. The van der Waals surface area contributed by atoms with Gasteiger partial charge in [-0.15, -0.1) is 12.4 Å². The van der Waals surface area contributed by atoms with Gasteiger partial charge in [-0.1, -0.05) is 15.9 Å². The zero-order valence-corrected chi connectivity index (χ0v) is 17.3. The standard InChI is InChI=1S/C14H17Br2N5O3.ClH/c1-2-23-12-8(5-9(15)6-10(12)16)7-18-3-4-19-14(22)11-13(17)21-24-20-11;/h5-6,18H,2-4,7H2,1H3,(H2,17,21)(H,19,22);1H. The molecular weight excluding hydrogens is 481 g/mol. The molecule has 0 saturated heterocycles. The number of amides is 1. The van der Waals surface area contributed by atoms with Crippen LogP contribution in [0, 0.1) is 0 Å². The lowest BCUT2D eigenvalue weighted by atomic mass is 10.2. The van der Waals surface area contributed by atoms with Gasteiger partial charge in [0.25, 0.3) is 5.91 Å². The maximum Gasteiger partial charge on any atom is 0.277 e. The summed E-state index contributed by atoms with van der Waals surface area (Å²) in [6.07, 6.45) is 0. The smallest absolute Gasteiger partial charge is 0.277 e. The van der Waals surface area contributed by atoms with E-state index in [2.05, 4.69) is 57.4 Å². The monoisotopic (exact) mass is 497 g/mol. The van der Waals surface area contributed by atoms with Crippen molar-refractivity contribution in [2.45, 2.75) is 13.5 Å². The number of hydrogen-bond donors (Lipinski definition) is 3. The van der Waals surface area contributed by atoms with Gasteiger partial charge < -0.3 is 21.1 Å². The predicted molar refractivity (Wildman–Crippen MR) is 103 cm³/mol. The average Bonchev–Trinajstić information content (AvgIpc) is 2.96. The summed E-state index contributed by atoms with van der Waals surface area (Å²) in [5, 5.41) is 12.7. The third-order valence-electron chi connectivity index (χ3n) is 3.01. The summed E-state index contributed by atoms with van der Waals surface area (Å²) in [6.45, 7) is 4.08. The number of anilines is 1. The summed E-state index contributed by atoms with van der Waals surface area (Å²) >= 11 is 6.96. The van der Waals surface area contributed by atoms with Crippen LogP contribution in [0.25, 0.3) is 0 Å². The van der Waals surface area contributed by atoms with E-state index in [1.54, 1.807) is 0 Å². The lowest BCUT2D eigenvalue weighted by molar-refractivity contribution is 0.0944. The van der Waals surface area contributed by atoms with Crippen molar-refractivity contribution in [3.05, 3.63) is 32.3 Å². The minimum Gasteiger partial charge on any atom is -0.492 e. The fourth-order valence-corrected chi connectivity index (χ4v) is 3.40. The Kier molecular flexibility index (Phi) is 9.19. The number of rotatable bonds is 8. The van der Waals surface area contributed by atoms with E-state index in [1.165, 1.54) is 0 Å². The SMILES string of the molecule is CCOc1c(Br)cc(Br)cc1CNCCNC(=O)c1nonc1N.Cl. The Morgan fingerprint density at radius 2 is 2.08 bits per heavy atom. The van der Waals surface area contributed by atoms with Crippen LogP contribution in [0.3, 0.4) is 0 Å². The van der Waals surface area contributed by atoms with Crippen LogP contribution in [0.5, 0.6) is 5.75 Å². The number of hydrogen-bond acceptors (Lipinski definition) is 7.